The zero-order valence-electron chi connectivity index (χ0n) is 10.2. The first-order valence-corrected chi connectivity index (χ1v) is 6.38. The Kier molecular flexibility index (Phi) is 3.01. The Morgan fingerprint density at radius 1 is 1.44 bits per heavy atom. The maximum absolute atomic E-state index is 6.08. The molecule has 16 heavy (non-hydrogen) atoms. The van der Waals surface area contributed by atoms with Gasteiger partial charge in [-0.05, 0) is 45.5 Å². The average Bonchev–Trinajstić information content (AvgIpc) is 2.18. The molecule has 1 atom stereocenters. The van der Waals surface area contributed by atoms with Crippen LogP contribution < -0.4 is 10.1 Å². The maximum Gasteiger partial charge on any atom is 0.127 e. The van der Waals surface area contributed by atoms with Gasteiger partial charge in [0.25, 0.3) is 0 Å². The molecule has 1 unspecified atom stereocenters. The molecule has 0 fully saturated rings. The van der Waals surface area contributed by atoms with Gasteiger partial charge < -0.3 is 10.1 Å². The Hall–Kier alpha value is -0.540. The number of benzene rings is 1. The van der Waals surface area contributed by atoms with Crippen LogP contribution in [0.3, 0.4) is 0 Å². The van der Waals surface area contributed by atoms with Crippen LogP contribution in [0.5, 0.6) is 5.75 Å². The van der Waals surface area contributed by atoms with Crippen LogP contribution in [0.1, 0.15) is 37.4 Å². The molecule has 3 heteroatoms. The Balaban J connectivity index is 2.54. The molecule has 0 aliphatic carbocycles. The molecule has 1 N–H and O–H groups in total. The van der Waals surface area contributed by atoms with E-state index in [9.17, 15) is 0 Å². The molecule has 0 amide bonds. The summed E-state index contributed by atoms with van der Waals surface area (Å²) >= 11 is 3.54. The van der Waals surface area contributed by atoms with Crippen LogP contribution in [0.25, 0.3) is 0 Å². The SMILES string of the molecule is CNC1CC(C)(C)Oc2c(C)cc(Br)cc21. The van der Waals surface area contributed by atoms with Crippen molar-refractivity contribution in [1.29, 1.82) is 0 Å². The molecule has 0 saturated carbocycles. The lowest BCUT2D eigenvalue weighted by molar-refractivity contribution is 0.0665. The topological polar surface area (TPSA) is 21.3 Å². The molecule has 0 aromatic heterocycles. The minimum absolute atomic E-state index is 0.0980. The van der Waals surface area contributed by atoms with Gasteiger partial charge in [-0.1, -0.05) is 15.9 Å². The molecule has 2 nitrogen and oxygen atoms in total. The molecule has 1 aromatic carbocycles. The number of halogens is 1. The van der Waals surface area contributed by atoms with Gasteiger partial charge in [0.15, 0.2) is 0 Å². The molecule has 1 aromatic rings. The highest BCUT2D eigenvalue weighted by molar-refractivity contribution is 9.10. The number of nitrogens with one attached hydrogen (secondary N) is 1. The van der Waals surface area contributed by atoms with Crippen molar-refractivity contribution in [2.75, 3.05) is 7.05 Å². The van der Waals surface area contributed by atoms with E-state index in [-0.39, 0.29) is 5.60 Å². The lowest BCUT2D eigenvalue weighted by atomic mass is 9.89. The van der Waals surface area contributed by atoms with Gasteiger partial charge >= 0.3 is 0 Å². The van der Waals surface area contributed by atoms with E-state index < -0.39 is 0 Å². The van der Waals surface area contributed by atoms with Crippen molar-refractivity contribution >= 4 is 15.9 Å². The standard InChI is InChI=1S/C13H18BrNO/c1-8-5-9(14)6-10-11(15-4)7-13(2,3)16-12(8)10/h5-6,11,15H,7H2,1-4H3. The van der Waals surface area contributed by atoms with Crippen molar-refractivity contribution in [2.45, 2.75) is 38.8 Å². The average molecular weight is 284 g/mol. The van der Waals surface area contributed by atoms with Crippen LogP contribution in [-0.2, 0) is 0 Å². The third kappa shape index (κ3) is 2.11. The maximum atomic E-state index is 6.08. The normalized spacial score (nSPS) is 22.4. The van der Waals surface area contributed by atoms with Gasteiger partial charge in [-0.15, -0.1) is 0 Å². The van der Waals surface area contributed by atoms with Crippen molar-refractivity contribution in [3.05, 3.63) is 27.7 Å². The zero-order valence-corrected chi connectivity index (χ0v) is 11.8. The molecule has 0 spiro atoms. The molecular weight excluding hydrogens is 266 g/mol. The quantitative estimate of drug-likeness (QED) is 0.851. The highest BCUT2D eigenvalue weighted by Crippen LogP contribution is 2.42. The summed E-state index contributed by atoms with van der Waals surface area (Å²) in [6, 6.07) is 4.63. The molecule has 1 heterocycles. The fourth-order valence-electron chi connectivity index (χ4n) is 2.33. The molecule has 0 radical (unpaired) electrons. The second-order valence-electron chi connectivity index (χ2n) is 5.05. The van der Waals surface area contributed by atoms with Gasteiger partial charge in [-0.25, -0.2) is 0 Å². The fraction of sp³-hybridized carbons (Fsp3) is 0.538. The highest BCUT2D eigenvalue weighted by Gasteiger charge is 2.33. The van der Waals surface area contributed by atoms with E-state index >= 15 is 0 Å². The van der Waals surface area contributed by atoms with Crippen molar-refractivity contribution < 1.29 is 4.74 Å². The Bertz CT molecular complexity index is 415. The van der Waals surface area contributed by atoms with Crippen LogP contribution in [0.4, 0.5) is 0 Å². The smallest absolute Gasteiger partial charge is 0.127 e. The second kappa shape index (κ2) is 4.04. The van der Waals surface area contributed by atoms with E-state index in [1.54, 1.807) is 0 Å². The molecule has 1 aliphatic rings. The lowest BCUT2D eigenvalue weighted by Crippen LogP contribution is -2.38. The van der Waals surface area contributed by atoms with Crippen LogP contribution in [-0.4, -0.2) is 12.6 Å². The summed E-state index contributed by atoms with van der Waals surface area (Å²) < 4.78 is 7.19. The first-order chi connectivity index (χ1) is 7.43. The van der Waals surface area contributed by atoms with E-state index in [2.05, 4.69) is 54.2 Å². The summed E-state index contributed by atoms with van der Waals surface area (Å²) in [7, 11) is 2.01. The summed E-state index contributed by atoms with van der Waals surface area (Å²) in [6.07, 6.45) is 0.992. The minimum atomic E-state index is -0.0980. The predicted molar refractivity (Wildman–Crippen MR) is 70.0 cm³/mol. The lowest BCUT2D eigenvalue weighted by Gasteiger charge is -2.38. The molecule has 0 bridgehead atoms. The fourth-order valence-corrected chi connectivity index (χ4v) is 2.92. The molecule has 0 saturated heterocycles. The van der Waals surface area contributed by atoms with Crippen LogP contribution in [0.2, 0.25) is 0 Å². The monoisotopic (exact) mass is 283 g/mol. The highest BCUT2D eigenvalue weighted by atomic mass is 79.9. The van der Waals surface area contributed by atoms with Crippen molar-refractivity contribution in [3.8, 4) is 5.75 Å². The summed E-state index contributed by atoms with van der Waals surface area (Å²) in [5.74, 6) is 1.04. The third-order valence-corrected chi connectivity index (χ3v) is 3.52. The number of ether oxygens (including phenoxy) is 1. The first-order valence-electron chi connectivity index (χ1n) is 5.59. The molecular formula is C13H18BrNO. The number of fused-ring (bicyclic) bond motifs is 1. The van der Waals surface area contributed by atoms with E-state index in [4.69, 9.17) is 4.74 Å². The first kappa shape index (κ1) is 11.9. The molecule has 2 rings (SSSR count). The van der Waals surface area contributed by atoms with Crippen LogP contribution in [0, 0.1) is 6.92 Å². The molecule has 1 aliphatic heterocycles. The van der Waals surface area contributed by atoms with Gasteiger partial charge in [-0.3, -0.25) is 0 Å². The number of rotatable bonds is 1. The van der Waals surface area contributed by atoms with Crippen LogP contribution in [0.15, 0.2) is 16.6 Å². The van der Waals surface area contributed by atoms with Crippen molar-refractivity contribution in [1.82, 2.24) is 5.32 Å². The number of hydrogen-bond acceptors (Lipinski definition) is 2. The molecule has 88 valence electrons. The Morgan fingerprint density at radius 2 is 2.12 bits per heavy atom. The van der Waals surface area contributed by atoms with Gasteiger partial charge in [-0.2, -0.15) is 0 Å². The second-order valence-corrected chi connectivity index (χ2v) is 5.96. The van der Waals surface area contributed by atoms with Gasteiger partial charge in [0.2, 0.25) is 0 Å². The van der Waals surface area contributed by atoms with E-state index in [1.807, 2.05) is 7.05 Å². The summed E-state index contributed by atoms with van der Waals surface area (Å²) in [6.45, 7) is 6.38. The number of hydrogen-bond donors (Lipinski definition) is 1. The zero-order chi connectivity index (χ0) is 11.9. The Labute approximate surface area is 106 Å². The van der Waals surface area contributed by atoms with Crippen molar-refractivity contribution in [3.63, 3.8) is 0 Å². The summed E-state index contributed by atoms with van der Waals surface area (Å²) in [5, 5.41) is 3.37. The minimum Gasteiger partial charge on any atom is -0.487 e. The van der Waals surface area contributed by atoms with Crippen molar-refractivity contribution in [2.24, 2.45) is 0 Å². The number of aryl methyl sites for hydroxylation is 1. The summed E-state index contributed by atoms with van der Waals surface area (Å²) in [4.78, 5) is 0. The third-order valence-electron chi connectivity index (χ3n) is 3.07. The van der Waals surface area contributed by atoms with Crippen LogP contribution >= 0.6 is 15.9 Å². The van der Waals surface area contributed by atoms with Gasteiger partial charge in [0.05, 0.1) is 0 Å². The van der Waals surface area contributed by atoms with Gasteiger partial charge in [0.1, 0.15) is 11.4 Å². The van der Waals surface area contributed by atoms with E-state index in [1.165, 1.54) is 11.1 Å². The summed E-state index contributed by atoms with van der Waals surface area (Å²) in [5.41, 5.74) is 2.35. The van der Waals surface area contributed by atoms with E-state index in [0.29, 0.717) is 6.04 Å². The largest absolute Gasteiger partial charge is 0.487 e. The predicted octanol–water partition coefficient (Wildman–Crippen LogP) is 3.58. The Morgan fingerprint density at radius 3 is 2.75 bits per heavy atom. The van der Waals surface area contributed by atoms with Gasteiger partial charge in [0, 0.05) is 22.5 Å². The van der Waals surface area contributed by atoms with E-state index in [0.717, 1.165) is 16.6 Å².